The van der Waals surface area contributed by atoms with Crippen molar-refractivity contribution in [2.45, 2.75) is 6.10 Å². The molecule has 0 saturated carbocycles. The Morgan fingerprint density at radius 2 is 2.05 bits per heavy atom. The highest BCUT2D eigenvalue weighted by molar-refractivity contribution is 5.93. The molecule has 1 aromatic heterocycles. The number of benzene rings is 1. The Hall–Kier alpha value is -2.40. The molecular formula is C16H18N2O3. The molecule has 1 heterocycles. The van der Waals surface area contributed by atoms with Crippen molar-refractivity contribution in [3.8, 4) is 5.75 Å². The average Bonchev–Trinajstić information content (AvgIpc) is 2.56. The van der Waals surface area contributed by atoms with Gasteiger partial charge < -0.3 is 14.8 Å². The third-order valence-electron chi connectivity index (χ3n) is 3.14. The number of nitrogens with one attached hydrogen (secondary N) is 1. The van der Waals surface area contributed by atoms with E-state index in [2.05, 4.69) is 10.3 Å². The highest BCUT2D eigenvalue weighted by atomic mass is 16.5. The van der Waals surface area contributed by atoms with Crippen LogP contribution in [0, 0.1) is 0 Å². The van der Waals surface area contributed by atoms with Crippen LogP contribution in [0.25, 0.3) is 0 Å². The molecule has 0 aliphatic heterocycles. The fourth-order valence-corrected chi connectivity index (χ4v) is 2.04. The summed E-state index contributed by atoms with van der Waals surface area (Å²) in [4.78, 5) is 15.9. The zero-order valence-electron chi connectivity index (χ0n) is 12.1. The Kier molecular flexibility index (Phi) is 5.29. The molecule has 1 unspecified atom stereocenters. The highest BCUT2D eigenvalue weighted by Gasteiger charge is 2.16. The first kappa shape index (κ1) is 15.0. The minimum atomic E-state index is -0.276. The molecule has 5 heteroatoms. The Bertz CT molecular complexity index is 587. The number of hydrogen-bond acceptors (Lipinski definition) is 4. The summed E-state index contributed by atoms with van der Waals surface area (Å²) in [6.07, 6.45) is 2.88. The minimum Gasteiger partial charge on any atom is -0.496 e. The van der Waals surface area contributed by atoms with Crippen LogP contribution in [0.2, 0.25) is 0 Å². The smallest absolute Gasteiger partial charge is 0.252 e. The van der Waals surface area contributed by atoms with Gasteiger partial charge in [0.25, 0.3) is 5.91 Å². The number of carbonyl (C=O) groups is 1. The number of aromatic nitrogens is 1. The molecule has 0 aliphatic carbocycles. The van der Waals surface area contributed by atoms with Crippen molar-refractivity contribution in [3.63, 3.8) is 0 Å². The zero-order chi connectivity index (χ0) is 15.1. The van der Waals surface area contributed by atoms with Crippen molar-refractivity contribution in [1.29, 1.82) is 0 Å². The van der Waals surface area contributed by atoms with E-state index in [0.29, 0.717) is 12.1 Å². The lowest BCUT2D eigenvalue weighted by Crippen LogP contribution is -2.29. The summed E-state index contributed by atoms with van der Waals surface area (Å²) in [6, 6.07) is 11.0. The summed E-state index contributed by atoms with van der Waals surface area (Å²) in [7, 11) is 3.22. The molecule has 0 radical (unpaired) electrons. The van der Waals surface area contributed by atoms with Crippen molar-refractivity contribution < 1.29 is 14.3 Å². The van der Waals surface area contributed by atoms with Gasteiger partial charge in [0.2, 0.25) is 0 Å². The summed E-state index contributed by atoms with van der Waals surface area (Å²) in [6.45, 7) is 0.352. The van der Waals surface area contributed by atoms with Crippen LogP contribution in [0.1, 0.15) is 22.0 Å². The number of methoxy groups -OCH3 is 2. The van der Waals surface area contributed by atoms with Gasteiger partial charge in [0, 0.05) is 31.6 Å². The van der Waals surface area contributed by atoms with E-state index in [1.54, 1.807) is 32.5 Å². The Balaban J connectivity index is 2.05. The predicted octanol–water partition coefficient (Wildman–Crippen LogP) is 2.21. The predicted molar refractivity (Wildman–Crippen MR) is 79.3 cm³/mol. The molecule has 0 saturated heterocycles. The van der Waals surface area contributed by atoms with Gasteiger partial charge in [-0.2, -0.15) is 0 Å². The van der Waals surface area contributed by atoms with E-state index in [1.807, 2.05) is 24.3 Å². The Morgan fingerprint density at radius 1 is 1.24 bits per heavy atom. The third-order valence-corrected chi connectivity index (χ3v) is 3.14. The molecule has 0 bridgehead atoms. The summed E-state index contributed by atoms with van der Waals surface area (Å²) in [5, 5.41) is 2.84. The second kappa shape index (κ2) is 7.40. The lowest BCUT2D eigenvalue weighted by Gasteiger charge is -2.19. The number of para-hydroxylation sites is 1. The van der Waals surface area contributed by atoms with Crippen molar-refractivity contribution >= 4 is 5.91 Å². The van der Waals surface area contributed by atoms with Gasteiger partial charge in [0.05, 0.1) is 12.7 Å². The van der Waals surface area contributed by atoms with Gasteiger partial charge in [-0.05, 0) is 18.2 Å². The summed E-state index contributed by atoms with van der Waals surface area (Å²) >= 11 is 0. The highest BCUT2D eigenvalue weighted by Crippen LogP contribution is 2.26. The van der Waals surface area contributed by atoms with Crippen molar-refractivity contribution in [2.75, 3.05) is 20.8 Å². The molecule has 21 heavy (non-hydrogen) atoms. The van der Waals surface area contributed by atoms with Crippen molar-refractivity contribution in [2.24, 2.45) is 0 Å². The maximum atomic E-state index is 12.0. The van der Waals surface area contributed by atoms with E-state index in [-0.39, 0.29) is 12.0 Å². The normalized spacial score (nSPS) is 11.7. The first-order valence-corrected chi connectivity index (χ1v) is 6.60. The fourth-order valence-electron chi connectivity index (χ4n) is 2.04. The molecule has 0 aliphatic rings. The molecule has 1 aromatic carbocycles. The number of amides is 1. The SMILES string of the molecule is COc1ccccc1C(CNC(=O)c1cccnc1)OC. The summed E-state index contributed by atoms with van der Waals surface area (Å²) in [5.41, 5.74) is 1.42. The number of nitrogens with zero attached hydrogens (tertiary/aromatic N) is 1. The second-order valence-corrected chi connectivity index (χ2v) is 4.42. The van der Waals surface area contributed by atoms with Gasteiger partial charge in [-0.3, -0.25) is 9.78 Å². The zero-order valence-corrected chi connectivity index (χ0v) is 12.1. The van der Waals surface area contributed by atoms with Gasteiger partial charge in [0.1, 0.15) is 11.9 Å². The number of pyridine rings is 1. The summed E-state index contributed by atoms with van der Waals surface area (Å²) in [5.74, 6) is 0.556. The quantitative estimate of drug-likeness (QED) is 0.884. The molecule has 110 valence electrons. The van der Waals surface area contributed by atoms with Gasteiger partial charge in [-0.25, -0.2) is 0 Å². The molecular weight excluding hydrogens is 268 g/mol. The van der Waals surface area contributed by atoms with Crippen LogP contribution in [-0.4, -0.2) is 31.7 Å². The Morgan fingerprint density at radius 3 is 2.71 bits per heavy atom. The largest absolute Gasteiger partial charge is 0.496 e. The van der Waals surface area contributed by atoms with Gasteiger partial charge >= 0.3 is 0 Å². The van der Waals surface area contributed by atoms with Crippen LogP contribution < -0.4 is 10.1 Å². The van der Waals surface area contributed by atoms with Crippen LogP contribution in [0.3, 0.4) is 0 Å². The topological polar surface area (TPSA) is 60.5 Å². The first-order valence-electron chi connectivity index (χ1n) is 6.60. The van der Waals surface area contributed by atoms with Crippen LogP contribution in [-0.2, 0) is 4.74 Å². The Labute approximate surface area is 123 Å². The molecule has 5 nitrogen and oxygen atoms in total. The molecule has 1 N–H and O–H groups in total. The van der Waals surface area contributed by atoms with E-state index >= 15 is 0 Å². The number of carbonyl (C=O) groups excluding carboxylic acids is 1. The number of hydrogen-bond donors (Lipinski definition) is 1. The van der Waals surface area contributed by atoms with Crippen LogP contribution in [0.4, 0.5) is 0 Å². The van der Waals surface area contributed by atoms with E-state index < -0.39 is 0 Å². The van der Waals surface area contributed by atoms with Crippen LogP contribution in [0.15, 0.2) is 48.8 Å². The maximum absolute atomic E-state index is 12.0. The molecule has 1 atom stereocenters. The van der Waals surface area contributed by atoms with Crippen molar-refractivity contribution in [1.82, 2.24) is 10.3 Å². The van der Waals surface area contributed by atoms with Gasteiger partial charge in [-0.1, -0.05) is 18.2 Å². The second-order valence-electron chi connectivity index (χ2n) is 4.42. The van der Waals surface area contributed by atoms with E-state index in [1.165, 1.54) is 6.20 Å². The van der Waals surface area contributed by atoms with E-state index in [0.717, 1.165) is 11.3 Å². The van der Waals surface area contributed by atoms with E-state index in [4.69, 9.17) is 9.47 Å². The van der Waals surface area contributed by atoms with Gasteiger partial charge in [0.15, 0.2) is 0 Å². The molecule has 1 amide bonds. The number of rotatable bonds is 6. The fraction of sp³-hybridized carbons (Fsp3) is 0.250. The maximum Gasteiger partial charge on any atom is 0.252 e. The molecule has 2 aromatic rings. The average molecular weight is 286 g/mol. The van der Waals surface area contributed by atoms with Crippen LogP contribution in [0.5, 0.6) is 5.75 Å². The minimum absolute atomic E-state index is 0.181. The third kappa shape index (κ3) is 3.79. The lowest BCUT2D eigenvalue weighted by molar-refractivity contribution is 0.0819. The molecule has 2 rings (SSSR count). The van der Waals surface area contributed by atoms with E-state index in [9.17, 15) is 4.79 Å². The molecule has 0 fully saturated rings. The lowest BCUT2D eigenvalue weighted by atomic mass is 10.1. The standard InChI is InChI=1S/C16H18N2O3/c1-20-14-8-4-3-7-13(14)15(21-2)11-18-16(19)12-6-5-9-17-10-12/h3-10,15H,11H2,1-2H3,(H,18,19). The first-order chi connectivity index (χ1) is 10.3. The van der Waals surface area contributed by atoms with Crippen molar-refractivity contribution in [3.05, 3.63) is 59.9 Å². The monoisotopic (exact) mass is 286 g/mol. The summed E-state index contributed by atoms with van der Waals surface area (Å²) < 4.78 is 10.8. The van der Waals surface area contributed by atoms with Gasteiger partial charge in [-0.15, -0.1) is 0 Å². The van der Waals surface area contributed by atoms with Crippen LogP contribution >= 0.6 is 0 Å². The number of ether oxygens (including phenoxy) is 2. The molecule has 0 spiro atoms.